The fraction of sp³-hybridized carbons (Fsp3) is 0.797. The predicted octanol–water partition coefficient (Wildman–Crippen LogP) is 12.7. The maximum Gasteiger partial charge on any atom is 0.305 e. The van der Waals surface area contributed by atoms with Gasteiger partial charge in [-0.25, -0.2) is 0 Å². The van der Waals surface area contributed by atoms with Gasteiger partial charge in [-0.3, -0.25) is 9.59 Å². The van der Waals surface area contributed by atoms with Crippen LogP contribution in [0.1, 0.15) is 239 Å². The van der Waals surface area contributed by atoms with Crippen LogP contribution in [0.5, 0.6) is 0 Å². The number of esters is 1. The Morgan fingerprint density at radius 1 is 0.557 bits per heavy atom. The van der Waals surface area contributed by atoms with Crippen molar-refractivity contribution in [3.05, 3.63) is 60.8 Å². The molecule has 1 saturated heterocycles. The molecule has 11 nitrogen and oxygen atoms in total. The van der Waals surface area contributed by atoms with Gasteiger partial charge in [-0.05, 0) is 84.0 Å². The number of carbonyl (C=O) groups excluding carboxylic acids is 2. The van der Waals surface area contributed by atoms with Crippen molar-refractivity contribution in [1.82, 2.24) is 5.32 Å². The van der Waals surface area contributed by atoms with Crippen molar-refractivity contribution in [3.63, 3.8) is 0 Å². The molecule has 0 spiro atoms. The van der Waals surface area contributed by atoms with Crippen LogP contribution in [-0.4, -0.2) is 100 Å². The second kappa shape index (κ2) is 48.6. The first-order valence-electron chi connectivity index (χ1n) is 28.5. The Morgan fingerprint density at radius 3 is 1.57 bits per heavy atom. The number of unbranched alkanes of at least 4 members (excludes halogenated alkanes) is 27. The monoisotopic (exact) mass is 988 g/mol. The van der Waals surface area contributed by atoms with E-state index in [4.69, 9.17) is 14.2 Å². The van der Waals surface area contributed by atoms with E-state index in [1.807, 2.05) is 19.1 Å². The standard InChI is InChI=1S/C59H105NO10/c1-3-5-7-9-11-13-14-15-16-17-18-19-20-24-27-31-35-39-43-47-55(64)68-48-44-40-36-32-28-25-22-21-23-26-30-34-38-42-46-54(63)60-51(52(62)45-41-37-33-29-12-10-8-6-4-2)50-69-59-58(67)57(66)56(65)53(49-61)70-59/h4,6,11-13,15-16,29,41,45,51-53,56-59,61-62,65-67H,3,5,7-10,14,17-28,30-40,42-44,46-50H2,1-2H3,(H,60,63)/b6-4+,13-11-,16-15-,29-12+,45-41+. The smallest absolute Gasteiger partial charge is 0.305 e. The van der Waals surface area contributed by atoms with Gasteiger partial charge in [0.05, 0.1) is 32.0 Å². The van der Waals surface area contributed by atoms with Crippen LogP contribution in [0.3, 0.4) is 0 Å². The van der Waals surface area contributed by atoms with Gasteiger partial charge >= 0.3 is 5.97 Å². The molecule has 7 unspecified atom stereocenters. The van der Waals surface area contributed by atoms with Crippen LogP contribution >= 0.6 is 0 Å². The minimum Gasteiger partial charge on any atom is -0.466 e. The summed E-state index contributed by atoms with van der Waals surface area (Å²) >= 11 is 0. The number of aliphatic hydroxyl groups excluding tert-OH is 5. The van der Waals surface area contributed by atoms with E-state index in [0.717, 1.165) is 77.0 Å². The molecule has 0 aliphatic carbocycles. The average molecular weight is 988 g/mol. The Labute approximate surface area is 427 Å². The summed E-state index contributed by atoms with van der Waals surface area (Å²) in [7, 11) is 0. The number of nitrogens with one attached hydrogen (secondary N) is 1. The van der Waals surface area contributed by atoms with Crippen molar-refractivity contribution in [2.45, 2.75) is 281 Å². The second-order valence-electron chi connectivity index (χ2n) is 19.6. The van der Waals surface area contributed by atoms with Gasteiger partial charge in [0, 0.05) is 12.8 Å². The van der Waals surface area contributed by atoms with Gasteiger partial charge in [0.25, 0.3) is 0 Å². The second-order valence-corrected chi connectivity index (χ2v) is 19.6. The molecule has 0 radical (unpaired) electrons. The van der Waals surface area contributed by atoms with Crippen molar-refractivity contribution in [3.8, 4) is 0 Å². The van der Waals surface area contributed by atoms with Crippen LogP contribution in [0.15, 0.2) is 60.8 Å². The Bertz CT molecular complexity index is 1350. The van der Waals surface area contributed by atoms with E-state index < -0.39 is 49.5 Å². The first kappa shape index (κ1) is 65.4. The minimum atomic E-state index is -1.58. The molecule has 70 heavy (non-hydrogen) atoms. The fourth-order valence-electron chi connectivity index (χ4n) is 8.62. The zero-order valence-corrected chi connectivity index (χ0v) is 44.5. The molecule has 0 aromatic heterocycles. The van der Waals surface area contributed by atoms with E-state index in [0.29, 0.717) is 25.9 Å². The molecule has 7 atom stereocenters. The third-order valence-electron chi connectivity index (χ3n) is 13.2. The van der Waals surface area contributed by atoms with Crippen LogP contribution in [0, 0.1) is 0 Å². The van der Waals surface area contributed by atoms with Gasteiger partial charge in [-0.1, -0.05) is 203 Å². The number of amides is 1. The summed E-state index contributed by atoms with van der Waals surface area (Å²) in [5.74, 6) is -0.241. The number of rotatable bonds is 48. The highest BCUT2D eigenvalue weighted by Crippen LogP contribution is 2.23. The number of allylic oxidation sites excluding steroid dienone is 9. The Hall–Kier alpha value is -2.64. The lowest BCUT2D eigenvalue weighted by Crippen LogP contribution is -2.60. The molecule has 1 heterocycles. The molecule has 1 amide bonds. The Balaban J connectivity index is 2.04. The lowest BCUT2D eigenvalue weighted by Gasteiger charge is -2.40. The van der Waals surface area contributed by atoms with E-state index in [-0.39, 0.29) is 18.5 Å². The summed E-state index contributed by atoms with van der Waals surface area (Å²) in [4.78, 5) is 25.1. The van der Waals surface area contributed by atoms with Crippen molar-refractivity contribution in [2.75, 3.05) is 19.8 Å². The van der Waals surface area contributed by atoms with E-state index in [2.05, 4.69) is 54.8 Å². The molecular formula is C59H105NO10. The Kier molecular flexibility index (Phi) is 45.4. The largest absolute Gasteiger partial charge is 0.466 e. The van der Waals surface area contributed by atoms with Crippen molar-refractivity contribution < 1.29 is 49.3 Å². The number of carbonyl (C=O) groups is 2. The zero-order chi connectivity index (χ0) is 51.0. The molecule has 11 heteroatoms. The maximum atomic E-state index is 13.0. The van der Waals surface area contributed by atoms with E-state index in [1.165, 1.54) is 128 Å². The fourth-order valence-corrected chi connectivity index (χ4v) is 8.62. The molecule has 0 bridgehead atoms. The summed E-state index contributed by atoms with van der Waals surface area (Å²) in [6, 6.07) is -0.842. The number of ether oxygens (including phenoxy) is 3. The van der Waals surface area contributed by atoms with Crippen molar-refractivity contribution >= 4 is 11.9 Å². The molecule has 0 aromatic carbocycles. The molecule has 6 N–H and O–H groups in total. The van der Waals surface area contributed by atoms with Crippen LogP contribution in [0.2, 0.25) is 0 Å². The van der Waals surface area contributed by atoms with Crippen molar-refractivity contribution in [2.24, 2.45) is 0 Å². The normalized spacial score (nSPS) is 19.7. The summed E-state index contributed by atoms with van der Waals surface area (Å²) in [5, 5.41) is 54.1. The van der Waals surface area contributed by atoms with Gasteiger partial charge < -0.3 is 45.1 Å². The zero-order valence-electron chi connectivity index (χ0n) is 44.5. The molecule has 406 valence electrons. The van der Waals surface area contributed by atoms with E-state index in [9.17, 15) is 35.1 Å². The summed E-state index contributed by atoms with van der Waals surface area (Å²) in [6.07, 6.45) is 51.9. The first-order chi connectivity index (χ1) is 34.2. The first-order valence-corrected chi connectivity index (χ1v) is 28.5. The quantitative estimate of drug-likeness (QED) is 0.0196. The van der Waals surface area contributed by atoms with Crippen LogP contribution in [0.4, 0.5) is 0 Å². The molecule has 1 aliphatic rings. The van der Waals surface area contributed by atoms with Crippen LogP contribution < -0.4 is 5.32 Å². The third-order valence-corrected chi connectivity index (χ3v) is 13.2. The number of hydrogen-bond donors (Lipinski definition) is 6. The molecule has 1 aliphatic heterocycles. The van der Waals surface area contributed by atoms with Crippen molar-refractivity contribution in [1.29, 1.82) is 0 Å². The van der Waals surface area contributed by atoms with Gasteiger partial charge in [-0.15, -0.1) is 0 Å². The number of aliphatic hydroxyl groups is 5. The van der Waals surface area contributed by atoms with Gasteiger partial charge in [-0.2, -0.15) is 0 Å². The highest BCUT2D eigenvalue weighted by molar-refractivity contribution is 5.76. The third kappa shape index (κ3) is 38.0. The SMILES string of the molecule is C/C=C/CC/C=C/CC/C=C/C(O)C(COC1OC(CO)C(O)C(O)C1O)NC(=O)CCCCCCCCCCCCCCCCOC(=O)CCCCCCCCCCC/C=C\C/C=C\CCCCC. The van der Waals surface area contributed by atoms with Gasteiger partial charge in [0.2, 0.25) is 5.91 Å². The highest BCUT2D eigenvalue weighted by Gasteiger charge is 2.44. The molecule has 0 saturated carbocycles. The summed E-state index contributed by atoms with van der Waals surface area (Å²) in [5.41, 5.74) is 0. The molecule has 0 aromatic rings. The molecular weight excluding hydrogens is 883 g/mol. The van der Waals surface area contributed by atoms with E-state index >= 15 is 0 Å². The summed E-state index contributed by atoms with van der Waals surface area (Å²) < 4.78 is 16.6. The van der Waals surface area contributed by atoms with E-state index in [1.54, 1.807) is 6.08 Å². The van der Waals surface area contributed by atoms with Crippen LogP contribution in [0.25, 0.3) is 0 Å². The topological polar surface area (TPSA) is 175 Å². The minimum absolute atomic E-state index is 0.0293. The maximum absolute atomic E-state index is 13.0. The van der Waals surface area contributed by atoms with Gasteiger partial charge in [0.1, 0.15) is 24.4 Å². The molecule has 1 rings (SSSR count). The lowest BCUT2D eigenvalue weighted by atomic mass is 9.99. The summed E-state index contributed by atoms with van der Waals surface area (Å²) in [6.45, 7) is 4.01. The highest BCUT2D eigenvalue weighted by atomic mass is 16.7. The lowest BCUT2D eigenvalue weighted by molar-refractivity contribution is -0.302. The Morgan fingerprint density at radius 2 is 1.03 bits per heavy atom. The predicted molar refractivity (Wildman–Crippen MR) is 287 cm³/mol. The van der Waals surface area contributed by atoms with Gasteiger partial charge in [0.15, 0.2) is 6.29 Å². The average Bonchev–Trinajstić information content (AvgIpc) is 3.36. The number of hydrogen-bond acceptors (Lipinski definition) is 10. The molecule has 1 fully saturated rings. The van der Waals surface area contributed by atoms with Crippen LogP contribution in [-0.2, 0) is 23.8 Å².